The Morgan fingerprint density at radius 2 is 2.25 bits per heavy atom. The second-order valence-electron chi connectivity index (χ2n) is 6.11. The second-order valence-corrected chi connectivity index (χ2v) is 7.69. The molecule has 0 aromatic heterocycles. The van der Waals surface area contributed by atoms with Gasteiger partial charge in [-0.05, 0) is 51.2 Å². The molecule has 4 nitrogen and oxygen atoms in total. The van der Waals surface area contributed by atoms with Crippen LogP contribution in [0.4, 0.5) is 4.79 Å². The lowest BCUT2D eigenvalue weighted by Crippen LogP contribution is -2.46. The molecule has 1 aliphatic heterocycles. The first-order chi connectivity index (χ1) is 9.60. The summed E-state index contributed by atoms with van der Waals surface area (Å²) >= 11 is 2.01. The SMILES string of the molecule is CCSC1CCC(NC(=O)N2CCCC2CC(C)O)C1. The Labute approximate surface area is 126 Å². The maximum atomic E-state index is 12.4. The summed E-state index contributed by atoms with van der Waals surface area (Å²) in [5.41, 5.74) is 0. The van der Waals surface area contributed by atoms with E-state index in [9.17, 15) is 9.90 Å². The quantitative estimate of drug-likeness (QED) is 0.820. The van der Waals surface area contributed by atoms with Crippen LogP contribution in [0.15, 0.2) is 0 Å². The number of amides is 2. The number of rotatable bonds is 5. The molecule has 0 aromatic carbocycles. The van der Waals surface area contributed by atoms with Crippen LogP contribution < -0.4 is 5.32 Å². The molecule has 1 aliphatic carbocycles. The number of nitrogens with one attached hydrogen (secondary N) is 1. The Morgan fingerprint density at radius 1 is 1.45 bits per heavy atom. The third kappa shape index (κ3) is 4.29. The van der Waals surface area contributed by atoms with Gasteiger partial charge in [0.25, 0.3) is 0 Å². The van der Waals surface area contributed by atoms with Crippen LogP contribution in [0.1, 0.15) is 52.4 Å². The lowest BCUT2D eigenvalue weighted by molar-refractivity contribution is 0.137. The lowest BCUT2D eigenvalue weighted by Gasteiger charge is -2.27. The molecule has 0 spiro atoms. The Kier molecular flexibility index (Phi) is 6.02. The summed E-state index contributed by atoms with van der Waals surface area (Å²) < 4.78 is 0. The van der Waals surface area contributed by atoms with Gasteiger partial charge in [-0.25, -0.2) is 4.79 Å². The number of carbonyl (C=O) groups excluding carboxylic acids is 1. The van der Waals surface area contributed by atoms with Crippen LogP contribution >= 0.6 is 11.8 Å². The van der Waals surface area contributed by atoms with Crippen LogP contribution in [0, 0.1) is 0 Å². The minimum Gasteiger partial charge on any atom is -0.393 e. The molecular weight excluding hydrogens is 272 g/mol. The van der Waals surface area contributed by atoms with Crippen molar-refractivity contribution in [1.82, 2.24) is 10.2 Å². The molecule has 4 atom stereocenters. The molecule has 0 bridgehead atoms. The van der Waals surface area contributed by atoms with Gasteiger partial charge in [0, 0.05) is 23.9 Å². The summed E-state index contributed by atoms with van der Waals surface area (Å²) in [6, 6.07) is 0.650. The smallest absolute Gasteiger partial charge is 0.317 e. The predicted octanol–water partition coefficient (Wildman–Crippen LogP) is 2.61. The van der Waals surface area contributed by atoms with Crippen LogP contribution in [0.25, 0.3) is 0 Å². The van der Waals surface area contributed by atoms with E-state index < -0.39 is 0 Å². The van der Waals surface area contributed by atoms with Gasteiger partial charge in [0.1, 0.15) is 0 Å². The molecule has 2 amide bonds. The highest BCUT2D eigenvalue weighted by atomic mass is 32.2. The molecular formula is C15H28N2O2S. The standard InChI is InChI=1S/C15H28N2O2S/c1-3-20-14-7-6-12(10-14)16-15(19)17-8-4-5-13(17)9-11(2)18/h11-14,18H,3-10H2,1-2H3,(H,16,19). The number of hydrogen-bond donors (Lipinski definition) is 2. The second kappa shape index (κ2) is 7.55. The average Bonchev–Trinajstić information content (AvgIpc) is 2.98. The Balaban J connectivity index is 1.79. The van der Waals surface area contributed by atoms with Crippen molar-refractivity contribution in [3.05, 3.63) is 0 Å². The molecule has 1 saturated heterocycles. The molecule has 2 fully saturated rings. The van der Waals surface area contributed by atoms with E-state index in [1.165, 1.54) is 6.42 Å². The van der Waals surface area contributed by atoms with Gasteiger partial charge in [-0.1, -0.05) is 6.92 Å². The van der Waals surface area contributed by atoms with Crippen molar-refractivity contribution in [3.8, 4) is 0 Å². The van der Waals surface area contributed by atoms with Gasteiger partial charge >= 0.3 is 6.03 Å². The topological polar surface area (TPSA) is 52.6 Å². The maximum Gasteiger partial charge on any atom is 0.317 e. The van der Waals surface area contributed by atoms with E-state index in [1.54, 1.807) is 6.92 Å². The molecule has 1 saturated carbocycles. The lowest BCUT2D eigenvalue weighted by atomic mass is 10.1. The Hall–Kier alpha value is -0.420. The molecule has 2 N–H and O–H groups in total. The molecule has 2 rings (SSSR count). The fourth-order valence-corrected chi connectivity index (χ4v) is 4.60. The minimum atomic E-state index is -0.329. The summed E-state index contributed by atoms with van der Waals surface area (Å²) in [6.07, 6.45) is 5.90. The number of nitrogens with zero attached hydrogens (tertiary/aromatic N) is 1. The number of likely N-dealkylation sites (tertiary alicyclic amines) is 1. The first kappa shape index (κ1) is 16.0. The number of thioether (sulfide) groups is 1. The first-order valence-corrected chi connectivity index (χ1v) is 9.01. The zero-order valence-electron chi connectivity index (χ0n) is 12.7. The normalized spacial score (nSPS) is 31.6. The third-order valence-electron chi connectivity index (χ3n) is 4.37. The van der Waals surface area contributed by atoms with Crippen LogP contribution in [0.5, 0.6) is 0 Å². The number of carbonyl (C=O) groups is 1. The highest BCUT2D eigenvalue weighted by molar-refractivity contribution is 7.99. The van der Waals surface area contributed by atoms with Crippen molar-refractivity contribution in [3.63, 3.8) is 0 Å². The van der Waals surface area contributed by atoms with Gasteiger partial charge < -0.3 is 15.3 Å². The highest BCUT2D eigenvalue weighted by Gasteiger charge is 2.32. The van der Waals surface area contributed by atoms with E-state index >= 15 is 0 Å². The molecule has 116 valence electrons. The fraction of sp³-hybridized carbons (Fsp3) is 0.933. The van der Waals surface area contributed by atoms with E-state index in [0.717, 1.165) is 43.2 Å². The molecule has 1 heterocycles. The maximum absolute atomic E-state index is 12.4. The summed E-state index contributed by atoms with van der Waals surface area (Å²) in [7, 11) is 0. The zero-order valence-corrected chi connectivity index (χ0v) is 13.5. The summed E-state index contributed by atoms with van der Waals surface area (Å²) in [6.45, 7) is 4.84. The number of aliphatic hydroxyl groups is 1. The molecule has 0 radical (unpaired) electrons. The molecule has 2 aliphatic rings. The van der Waals surface area contributed by atoms with Crippen molar-refractivity contribution in [2.45, 2.75) is 75.8 Å². The first-order valence-electron chi connectivity index (χ1n) is 7.97. The third-order valence-corrected chi connectivity index (χ3v) is 5.60. The monoisotopic (exact) mass is 300 g/mol. The van der Waals surface area contributed by atoms with Gasteiger partial charge in [-0.15, -0.1) is 0 Å². The van der Waals surface area contributed by atoms with E-state index in [2.05, 4.69) is 12.2 Å². The van der Waals surface area contributed by atoms with E-state index in [4.69, 9.17) is 0 Å². The van der Waals surface area contributed by atoms with E-state index in [1.807, 2.05) is 16.7 Å². The molecule has 4 unspecified atom stereocenters. The van der Waals surface area contributed by atoms with Crippen molar-refractivity contribution in [1.29, 1.82) is 0 Å². The molecule has 20 heavy (non-hydrogen) atoms. The summed E-state index contributed by atoms with van der Waals surface area (Å²) in [4.78, 5) is 14.3. The van der Waals surface area contributed by atoms with Crippen LogP contribution in [0.3, 0.4) is 0 Å². The van der Waals surface area contributed by atoms with Crippen molar-refractivity contribution >= 4 is 17.8 Å². The van der Waals surface area contributed by atoms with Crippen LogP contribution in [-0.2, 0) is 0 Å². The fourth-order valence-electron chi connectivity index (χ4n) is 3.46. The van der Waals surface area contributed by atoms with Gasteiger partial charge in [-0.3, -0.25) is 0 Å². The van der Waals surface area contributed by atoms with Crippen molar-refractivity contribution in [2.75, 3.05) is 12.3 Å². The molecule has 5 heteroatoms. The number of hydrogen-bond acceptors (Lipinski definition) is 3. The Bertz CT molecular complexity index is 325. The summed E-state index contributed by atoms with van der Waals surface area (Å²) in [5, 5.41) is 13.5. The van der Waals surface area contributed by atoms with Gasteiger partial charge in [0.2, 0.25) is 0 Å². The van der Waals surface area contributed by atoms with Crippen LogP contribution in [0.2, 0.25) is 0 Å². The van der Waals surface area contributed by atoms with E-state index in [-0.39, 0.29) is 18.2 Å². The van der Waals surface area contributed by atoms with Gasteiger partial charge in [-0.2, -0.15) is 11.8 Å². The predicted molar refractivity (Wildman–Crippen MR) is 84.1 cm³/mol. The number of urea groups is 1. The highest BCUT2D eigenvalue weighted by Crippen LogP contribution is 2.30. The van der Waals surface area contributed by atoms with Gasteiger partial charge in [0.15, 0.2) is 0 Å². The van der Waals surface area contributed by atoms with Crippen molar-refractivity contribution in [2.24, 2.45) is 0 Å². The zero-order chi connectivity index (χ0) is 14.5. The van der Waals surface area contributed by atoms with E-state index in [0.29, 0.717) is 12.5 Å². The number of aliphatic hydroxyl groups excluding tert-OH is 1. The Morgan fingerprint density at radius 3 is 2.95 bits per heavy atom. The largest absolute Gasteiger partial charge is 0.393 e. The van der Waals surface area contributed by atoms with Crippen LogP contribution in [-0.4, -0.2) is 51.8 Å². The minimum absolute atomic E-state index is 0.0836. The molecule has 0 aromatic rings. The average molecular weight is 300 g/mol. The van der Waals surface area contributed by atoms with Gasteiger partial charge in [0.05, 0.1) is 6.10 Å². The van der Waals surface area contributed by atoms with Crippen molar-refractivity contribution < 1.29 is 9.90 Å². The summed E-state index contributed by atoms with van der Waals surface area (Å²) in [5.74, 6) is 1.16.